The molecule has 1 aliphatic rings. The highest BCUT2D eigenvalue weighted by molar-refractivity contribution is 7.18. The Bertz CT molecular complexity index is 593. The summed E-state index contributed by atoms with van der Waals surface area (Å²) in [6.07, 6.45) is 2.50. The average molecular weight is 304 g/mol. The lowest BCUT2D eigenvalue weighted by molar-refractivity contribution is -0.138. The Morgan fingerprint density at radius 2 is 2.33 bits per heavy atom. The number of morpholine rings is 1. The molecular weight excluding hydrogens is 284 g/mol. The highest BCUT2D eigenvalue weighted by Gasteiger charge is 2.20. The van der Waals surface area contributed by atoms with Crippen molar-refractivity contribution in [1.29, 1.82) is 0 Å². The van der Waals surface area contributed by atoms with Crippen LogP contribution in [-0.4, -0.2) is 41.6 Å². The van der Waals surface area contributed by atoms with Crippen molar-refractivity contribution in [1.82, 2.24) is 9.88 Å². The minimum Gasteiger partial charge on any atom is -0.375 e. The van der Waals surface area contributed by atoms with Gasteiger partial charge in [0, 0.05) is 19.5 Å². The molecule has 1 aromatic heterocycles. The van der Waals surface area contributed by atoms with E-state index < -0.39 is 0 Å². The van der Waals surface area contributed by atoms with E-state index in [2.05, 4.69) is 11.1 Å². The van der Waals surface area contributed by atoms with Crippen LogP contribution in [0.5, 0.6) is 0 Å². The topological polar surface area (TPSA) is 42.4 Å². The van der Waals surface area contributed by atoms with Gasteiger partial charge >= 0.3 is 0 Å². The highest BCUT2D eigenvalue weighted by atomic mass is 32.1. The van der Waals surface area contributed by atoms with E-state index in [0.29, 0.717) is 13.0 Å². The van der Waals surface area contributed by atoms with Crippen LogP contribution in [0.2, 0.25) is 0 Å². The Kier molecular flexibility index (Phi) is 4.51. The Morgan fingerprint density at radius 3 is 3.14 bits per heavy atom. The standard InChI is InChI=1S/C16H20N2O2S/c1-12-11-18(9-10-20-12)16(19)8-4-7-15-17-13-5-2-3-6-14(13)21-15/h2-3,5-6,12H,4,7-11H2,1H3. The second kappa shape index (κ2) is 6.54. The summed E-state index contributed by atoms with van der Waals surface area (Å²) in [6.45, 7) is 4.12. The minimum atomic E-state index is 0.159. The maximum absolute atomic E-state index is 12.2. The number of benzene rings is 1. The lowest BCUT2D eigenvalue weighted by Gasteiger charge is -2.31. The van der Waals surface area contributed by atoms with Crippen LogP contribution in [0.25, 0.3) is 10.2 Å². The molecule has 0 aliphatic carbocycles. The van der Waals surface area contributed by atoms with Crippen LogP contribution in [0.1, 0.15) is 24.8 Å². The lowest BCUT2D eigenvalue weighted by atomic mass is 10.2. The zero-order chi connectivity index (χ0) is 14.7. The van der Waals surface area contributed by atoms with Crippen molar-refractivity contribution >= 4 is 27.5 Å². The van der Waals surface area contributed by atoms with Crippen LogP contribution < -0.4 is 0 Å². The maximum atomic E-state index is 12.2. The number of aromatic nitrogens is 1. The smallest absolute Gasteiger partial charge is 0.222 e. The van der Waals surface area contributed by atoms with Crippen LogP contribution in [0.15, 0.2) is 24.3 Å². The number of rotatable bonds is 4. The summed E-state index contributed by atoms with van der Waals surface area (Å²) in [5, 5.41) is 1.12. The van der Waals surface area contributed by atoms with Crippen molar-refractivity contribution in [2.45, 2.75) is 32.3 Å². The number of hydrogen-bond donors (Lipinski definition) is 0. The first-order chi connectivity index (χ1) is 10.2. The average Bonchev–Trinajstić information content (AvgIpc) is 2.89. The lowest BCUT2D eigenvalue weighted by Crippen LogP contribution is -2.44. The van der Waals surface area contributed by atoms with Gasteiger partial charge in [-0.3, -0.25) is 4.79 Å². The number of hydrogen-bond acceptors (Lipinski definition) is 4. The van der Waals surface area contributed by atoms with Crippen LogP contribution in [0.4, 0.5) is 0 Å². The zero-order valence-electron chi connectivity index (χ0n) is 12.2. The number of fused-ring (bicyclic) bond motifs is 1. The molecule has 21 heavy (non-hydrogen) atoms. The molecule has 1 unspecified atom stereocenters. The molecule has 0 N–H and O–H groups in total. The summed E-state index contributed by atoms with van der Waals surface area (Å²) >= 11 is 1.73. The van der Waals surface area contributed by atoms with Gasteiger partial charge in [-0.2, -0.15) is 0 Å². The summed E-state index contributed by atoms with van der Waals surface area (Å²) in [4.78, 5) is 18.7. The largest absolute Gasteiger partial charge is 0.375 e. The third-order valence-corrected chi connectivity index (χ3v) is 4.81. The molecular formula is C16H20N2O2S. The monoisotopic (exact) mass is 304 g/mol. The minimum absolute atomic E-state index is 0.159. The van der Waals surface area contributed by atoms with E-state index in [1.54, 1.807) is 11.3 Å². The Hall–Kier alpha value is -1.46. The van der Waals surface area contributed by atoms with E-state index in [1.807, 2.05) is 30.0 Å². The third kappa shape index (κ3) is 3.60. The van der Waals surface area contributed by atoms with Crippen molar-refractivity contribution < 1.29 is 9.53 Å². The van der Waals surface area contributed by atoms with Gasteiger partial charge in [-0.25, -0.2) is 4.98 Å². The molecule has 112 valence electrons. The van der Waals surface area contributed by atoms with Crippen molar-refractivity contribution in [3.8, 4) is 0 Å². The van der Waals surface area contributed by atoms with Gasteiger partial charge in [-0.15, -0.1) is 11.3 Å². The van der Waals surface area contributed by atoms with E-state index in [9.17, 15) is 4.79 Å². The van der Waals surface area contributed by atoms with Crippen LogP contribution in [0, 0.1) is 0 Å². The van der Waals surface area contributed by atoms with Crippen molar-refractivity contribution in [2.24, 2.45) is 0 Å². The molecule has 2 aromatic rings. The summed E-state index contributed by atoms with van der Waals surface area (Å²) in [6, 6.07) is 8.18. The fourth-order valence-electron chi connectivity index (χ4n) is 2.62. The van der Waals surface area contributed by atoms with E-state index in [0.717, 1.165) is 36.5 Å². The number of thiazole rings is 1. The van der Waals surface area contributed by atoms with E-state index >= 15 is 0 Å². The van der Waals surface area contributed by atoms with E-state index in [4.69, 9.17) is 4.74 Å². The number of para-hydroxylation sites is 1. The van der Waals surface area contributed by atoms with Crippen LogP contribution >= 0.6 is 11.3 Å². The molecule has 1 amide bonds. The first-order valence-corrected chi connectivity index (χ1v) is 8.28. The summed E-state index contributed by atoms with van der Waals surface area (Å²) in [5.74, 6) is 0.242. The molecule has 0 radical (unpaired) electrons. The Labute approximate surface area is 128 Å². The molecule has 1 aliphatic heterocycles. The number of carbonyl (C=O) groups excluding carboxylic acids is 1. The quantitative estimate of drug-likeness (QED) is 0.872. The van der Waals surface area contributed by atoms with Crippen molar-refractivity contribution in [3.63, 3.8) is 0 Å². The van der Waals surface area contributed by atoms with Gasteiger partial charge in [0.05, 0.1) is 27.9 Å². The van der Waals surface area contributed by atoms with Gasteiger partial charge in [-0.05, 0) is 31.9 Å². The summed E-state index contributed by atoms with van der Waals surface area (Å²) in [7, 11) is 0. The molecule has 1 saturated heterocycles. The molecule has 0 spiro atoms. The maximum Gasteiger partial charge on any atom is 0.222 e. The van der Waals surface area contributed by atoms with Crippen LogP contribution in [0.3, 0.4) is 0 Å². The molecule has 0 saturated carbocycles. The molecule has 1 atom stereocenters. The molecule has 0 bridgehead atoms. The van der Waals surface area contributed by atoms with Gasteiger partial charge in [0.25, 0.3) is 0 Å². The van der Waals surface area contributed by atoms with E-state index in [1.165, 1.54) is 4.70 Å². The molecule has 5 heteroatoms. The normalized spacial score (nSPS) is 19.1. The number of aryl methyl sites for hydroxylation is 1. The van der Waals surface area contributed by atoms with Gasteiger partial charge in [0.2, 0.25) is 5.91 Å². The fraction of sp³-hybridized carbons (Fsp3) is 0.500. The summed E-state index contributed by atoms with van der Waals surface area (Å²) in [5.41, 5.74) is 1.06. The van der Waals surface area contributed by atoms with Crippen molar-refractivity contribution in [3.05, 3.63) is 29.3 Å². The first-order valence-electron chi connectivity index (χ1n) is 7.46. The SMILES string of the molecule is CC1CN(C(=O)CCCc2nc3ccccc3s2)CCO1. The van der Waals surface area contributed by atoms with Gasteiger partial charge < -0.3 is 9.64 Å². The second-order valence-corrected chi connectivity index (χ2v) is 6.57. The molecule has 1 aromatic carbocycles. The zero-order valence-corrected chi connectivity index (χ0v) is 13.1. The number of carbonyl (C=O) groups is 1. The molecule has 3 rings (SSSR count). The van der Waals surface area contributed by atoms with Crippen LogP contribution in [-0.2, 0) is 16.0 Å². The molecule has 2 heterocycles. The van der Waals surface area contributed by atoms with Gasteiger partial charge in [0.1, 0.15) is 0 Å². The van der Waals surface area contributed by atoms with Gasteiger partial charge in [-0.1, -0.05) is 12.1 Å². The highest BCUT2D eigenvalue weighted by Crippen LogP contribution is 2.22. The predicted molar refractivity (Wildman–Crippen MR) is 84.6 cm³/mol. The fourth-order valence-corrected chi connectivity index (χ4v) is 3.63. The molecule has 1 fully saturated rings. The number of amides is 1. The van der Waals surface area contributed by atoms with Crippen molar-refractivity contribution in [2.75, 3.05) is 19.7 Å². The first kappa shape index (κ1) is 14.5. The van der Waals surface area contributed by atoms with Gasteiger partial charge in [0.15, 0.2) is 0 Å². The Balaban J connectivity index is 1.50. The molecule has 4 nitrogen and oxygen atoms in total. The Morgan fingerprint density at radius 1 is 1.48 bits per heavy atom. The third-order valence-electron chi connectivity index (χ3n) is 3.71. The number of nitrogens with zero attached hydrogens (tertiary/aromatic N) is 2. The predicted octanol–water partition coefficient (Wildman–Crippen LogP) is 2.87. The number of ether oxygens (including phenoxy) is 1. The second-order valence-electron chi connectivity index (χ2n) is 5.45. The van der Waals surface area contributed by atoms with E-state index in [-0.39, 0.29) is 12.0 Å². The summed E-state index contributed by atoms with van der Waals surface area (Å²) < 4.78 is 6.69.